The number of hydrogen-bond acceptors (Lipinski definition) is 3. The van der Waals surface area contributed by atoms with Crippen molar-refractivity contribution in [2.45, 2.75) is 13.1 Å². The van der Waals surface area contributed by atoms with Gasteiger partial charge in [-0.25, -0.2) is 0 Å². The number of nitrogens with one attached hydrogen (secondary N) is 1. The van der Waals surface area contributed by atoms with Gasteiger partial charge in [0.05, 0.1) is 6.17 Å². The quantitative estimate of drug-likeness (QED) is 0.456. The monoisotopic (exact) mass is 102 g/mol. The van der Waals surface area contributed by atoms with E-state index in [-0.39, 0.29) is 0 Å². The molecule has 3 nitrogen and oxygen atoms in total. The zero-order valence-electron chi connectivity index (χ0n) is 4.64. The van der Waals surface area contributed by atoms with Crippen LogP contribution in [0.25, 0.3) is 0 Å². The van der Waals surface area contributed by atoms with Crippen molar-refractivity contribution in [1.82, 2.24) is 10.4 Å². The van der Waals surface area contributed by atoms with Crippen LogP contribution in [-0.4, -0.2) is 24.8 Å². The Labute approximate surface area is 43.2 Å². The molecule has 0 aromatic heterocycles. The lowest BCUT2D eigenvalue weighted by molar-refractivity contribution is 0.0803. The van der Waals surface area contributed by atoms with Crippen LogP contribution in [0.5, 0.6) is 0 Å². The average molecular weight is 102 g/mol. The predicted molar refractivity (Wildman–Crippen MR) is 26.3 cm³/mol. The van der Waals surface area contributed by atoms with Gasteiger partial charge in [-0.15, -0.1) is 0 Å². The van der Waals surface area contributed by atoms with Crippen LogP contribution in [0.2, 0.25) is 0 Å². The molecule has 3 heteroatoms. The molecule has 0 aromatic rings. The van der Waals surface area contributed by atoms with Crippen LogP contribution in [0.1, 0.15) is 6.92 Å². The first-order valence-corrected chi connectivity index (χ1v) is 2.38. The zero-order valence-corrected chi connectivity index (χ0v) is 4.64. The Morgan fingerprint density at radius 3 is 2.71 bits per heavy atom. The molecule has 0 aliphatic carbocycles. The lowest BCUT2D eigenvalue weighted by Crippen LogP contribution is -2.28. The Hall–Kier alpha value is -0.120. The summed E-state index contributed by atoms with van der Waals surface area (Å²) in [5, 5.41) is 0. The van der Waals surface area contributed by atoms with E-state index in [2.05, 4.69) is 10.4 Å². The standard InChI is InChI=1S/C4H10N2O/c1-4-5-7-3-6(4)2/h4-5H,3H2,1-2H3. The lowest BCUT2D eigenvalue weighted by Gasteiger charge is -2.08. The van der Waals surface area contributed by atoms with Crippen molar-refractivity contribution < 1.29 is 4.84 Å². The Morgan fingerprint density at radius 2 is 2.57 bits per heavy atom. The normalized spacial score (nSPS) is 34.3. The van der Waals surface area contributed by atoms with Crippen LogP contribution >= 0.6 is 0 Å². The first-order valence-electron chi connectivity index (χ1n) is 2.38. The van der Waals surface area contributed by atoms with E-state index >= 15 is 0 Å². The number of hydroxylamine groups is 1. The minimum atomic E-state index is 0.375. The van der Waals surface area contributed by atoms with Gasteiger partial charge >= 0.3 is 0 Å². The number of rotatable bonds is 0. The van der Waals surface area contributed by atoms with E-state index in [0.29, 0.717) is 12.9 Å². The summed E-state index contributed by atoms with van der Waals surface area (Å²) in [4.78, 5) is 6.91. The van der Waals surface area contributed by atoms with Gasteiger partial charge in [-0.3, -0.25) is 9.74 Å². The van der Waals surface area contributed by atoms with Gasteiger partial charge < -0.3 is 0 Å². The van der Waals surface area contributed by atoms with Crippen molar-refractivity contribution in [3.8, 4) is 0 Å². The Bertz CT molecular complexity index is 58.7. The van der Waals surface area contributed by atoms with E-state index in [1.807, 2.05) is 14.0 Å². The summed E-state index contributed by atoms with van der Waals surface area (Å²) in [6.07, 6.45) is 0.375. The molecule has 1 saturated heterocycles. The first-order chi connectivity index (χ1) is 3.30. The largest absolute Gasteiger partial charge is 0.285 e. The van der Waals surface area contributed by atoms with Crippen molar-refractivity contribution >= 4 is 0 Å². The second kappa shape index (κ2) is 1.78. The van der Waals surface area contributed by atoms with E-state index in [0.717, 1.165) is 0 Å². The minimum absolute atomic E-state index is 0.375. The lowest BCUT2D eigenvalue weighted by atomic mass is 10.6. The molecule has 0 bridgehead atoms. The third kappa shape index (κ3) is 0.907. The Morgan fingerprint density at radius 1 is 1.86 bits per heavy atom. The minimum Gasteiger partial charge on any atom is -0.285 e. The molecule has 1 aliphatic heterocycles. The van der Waals surface area contributed by atoms with E-state index < -0.39 is 0 Å². The maximum Gasteiger partial charge on any atom is 0.122 e. The Balaban J connectivity index is 2.33. The summed E-state index contributed by atoms with van der Waals surface area (Å²) in [6.45, 7) is 2.74. The van der Waals surface area contributed by atoms with Crippen LogP contribution in [-0.2, 0) is 4.84 Å². The molecule has 7 heavy (non-hydrogen) atoms. The fraction of sp³-hybridized carbons (Fsp3) is 1.00. The SMILES string of the molecule is CC1NOCN1C. The van der Waals surface area contributed by atoms with Gasteiger partial charge in [0.1, 0.15) is 6.73 Å². The summed E-state index contributed by atoms with van der Waals surface area (Å²) in [6, 6.07) is 0. The van der Waals surface area contributed by atoms with Gasteiger partial charge in [-0.05, 0) is 14.0 Å². The van der Waals surface area contributed by atoms with Gasteiger partial charge in [0.25, 0.3) is 0 Å². The van der Waals surface area contributed by atoms with E-state index in [9.17, 15) is 0 Å². The Kier molecular flexibility index (Phi) is 1.27. The maximum atomic E-state index is 4.84. The highest BCUT2D eigenvalue weighted by Crippen LogP contribution is 1.96. The van der Waals surface area contributed by atoms with Gasteiger partial charge in [-0.1, -0.05) is 0 Å². The van der Waals surface area contributed by atoms with Crippen LogP contribution in [0.15, 0.2) is 0 Å². The molecular formula is C4H10N2O. The second-order valence-electron chi connectivity index (χ2n) is 1.82. The van der Waals surface area contributed by atoms with E-state index in [4.69, 9.17) is 4.84 Å². The van der Waals surface area contributed by atoms with Gasteiger partial charge in [0.2, 0.25) is 0 Å². The summed E-state index contributed by atoms with van der Waals surface area (Å²) < 4.78 is 0. The smallest absolute Gasteiger partial charge is 0.122 e. The number of hydrogen-bond donors (Lipinski definition) is 1. The van der Waals surface area contributed by atoms with Crippen LogP contribution in [0, 0.1) is 0 Å². The highest BCUT2D eigenvalue weighted by molar-refractivity contribution is 4.54. The highest BCUT2D eigenvalue weighted by Gasteiger charge is 2.14. The molecule has 0 spiro atoms. The van der Waals surface area contributed by atoms with Crippen molar-refractivity contribution in [3.05, 3.63) is 0 Å². The molecule has 1 unspecified atom stereocenters. The predicted octanol–water partition coefficient (Wildman–Crippen LogP) is -0.244. The molecule has 0 aromatic carbocycles. The van der Waals surface area contributed by atoms with Crippen LogP contribution < -0.4 is 5.48 Å². The molecule has 1 heterocycles. The van der Waals surface area contributed by atoms with Crippen LogP contribution in [0.3, 0.4) is 0 Å². The van der Waals surface area contributed by atoms with Crippen LogP contribution in [0.4, 0.5) is 0 Å². The van der Waals surface area contributed by atoms with E-state index in [1.54, 1.807) is 0 Å². The van der Waals surface area contributed by atoms with E-state index in [1.165, 1.54) is 0 Å². The van der Waals surface area contributed by atoms with Crippen molar-refractivity contribution in [2.24, 2.45) is 0 Å². The van der Waals surface area contributed by atoms with Gasteiger partial charge in [0.15, 0.2) is 0 Å². The molecule has 1 rings (SSSR count). The molecule has 1 fully saturated rings. The molecule has 0 amide bonds. The highest BCUT2D eigenvalue weighted by atomic mass is 16.7. The summed E-state index contributed by atoms with van der Waals surface area (Å²) in [7, 11) is 2.00. The first kappa shape index (κ1) is 5.03. The molecule has 1 aliphatic rings. The molecule has 0 saturated carbocycles. The van der Waals surface area contributed by atoms with Gasteiger partial charge in [-0.2, -0.15) is 5.48 Å². The number of nitrogens with zero attached hydrogens (tertiary/aromatic N) is 1. The van der Waals surface area contributed by atoms with Gasteiger partial charge in [0, 0.05) is 0 Å². The average Bonchev–Trinajstić information content (AvgIpc) is 1.91. The van der Waals surface area contributed by atoms with Crippen molar-refractivity contribution in [1.29, 1.82) is 0 Å². The topological polar surface area (TPSA) is 24.5 Å². The van der Waals surface area contributed by atoms with Crippen molar-refractivity contribution in [2.75, 3.05) is 13.8 Å². The fourth-order valence-corrected chi connectivity index (χ4v) is 0.461. The summed E-state index contributed by atoms with van der Waals surface area (Å²) >= 11 is 0. The zero-order chi connectivity index (χ0) is 5.28. The molecule has 0 radical (unpaired) electrons. The molecule has 1 atom stereocenters. The molecule has 42 valence electrons. The van der Waals surface area contributed by atoms with Crippen molar-refractivity contribution in [3.63, 3.8) is 0 Å². The fourth-order valence-electron chi connectivity index (χ4n) is 0.461. The molecular weight excluding hydrogens is 92.1 g/mol. The summed E-state index contributed by atoms with van der Waals surface area (Å²) in [5.74, 6) is 0. The third-order valence-corrected chi connectivity index (χ3v) is 1.18. The summed E-state index contributed by atoms with van der Waals surface area (Å²) in [5.41, 5.74) is 2.80. The third-order valence-electron chi connectivity index (χ3n) is 1.18. The second-order valence-corrected chi connectivity index (χ2v) is 1.82. The molecule has 1 N–H and O–H groups in total. The maximum absolute atomic E-state index is 4.84.